The first-order chi connectivity index (χ1) is 49.4. The molecule has 3 aliphatic heterocycles. The lowest BCUT2D eigenvalue weighted by Gasteiger charge is -2.40. The lowest BCUT2D eigenvalue weighted by Crippen LogP contribution is -2.49. The molecule has 0 unspecified atom stereocenters. The second kappa shape index (κ2) is 43.6. The number of thiophene rings is 1. The fraction of sp³-hybridized carbons (Fsp3) is 0.597. The third-order valence-corrected chi connectivity index (χ3v) is 19.2. The fourth-order valence-electron chi connectivity index (χ4n) is 11.5. The molecule has 4 aliphatic rings. The molecule has 1 aliphatic carbocycles. The Labute approximate surface area is 604 Å². The number of carboxylic acid groups (broad SMARTS) is 1. The Morgan fingerprint density at radius 3 is 1.68 bits per heavy atom. The minimum absolute atomic E-state index is 0.0160. The first-order valence-electron chi connectivity index (χ1n) is 34.5. The third-order valence-electron chi connectivity index (χ3n) is 17.1. The molecule has 1 saturated carbocycles. The Bertz CT molecular complexity index is 3400. The molecule has 6 aromatic rings. The number of hydrogen-bond donors (Lipinski definition) is 1. The molecule has 0 spiro atoms. The highest BCUT2D eigenvalue weighted by atomic mass is 35.5. The van der Waals surface area contributed by atoms with E-state index >= 15 is 0 Å². The summed E-state index contributed by atoms with van der Waals surface area (Å²) in [6.07, 6.45) is 3.58. The number of methoxy groups -OCH3 is 1. The summed E-state index contributed by atoms with van der Waals surface area (Å²) in [4.78, 5) is 38.3. The number of nitrogens with zero attached hydrogens (tertiary/aromatic N) is 6. The quantitative estimate of drug-likeness (QED) is 0.0349. The van der Waals surface area contributed by atoms with E-state index in [2.05, 4.69) is 26.8 Å². The highest BCUT2D eigenvalue weighted by molar-refractivity contribution is 7.22. The van der Waals surface area contributed by atoms with Gasteiger partial charge in [-0.05, 0) is 92.4 Å². The van der Waals surface area contributed by atoms with Gasteiger partial charge in [0.15, 0.2) is 5.75 Å². The van der Waals surface area contributed by atoms with Gasteiger partial charge in [-0.15, -0.1) is 11.3 Å². The van der Waals surface area contributed by atoms with Gasteiger partial charge < -0.3 is 90.5 Å². The van der Waals surface area contributed by atoms with Crippen molar-refractivity contribution in [3.63, 3.8) is 0 Å². The second-order valence-corrected chi connectivity index (χ2v) is 26.2. The summed E-state index contributed by atoms with van der Waals surface area (Å²) in [6.45, 7) is 19.6. The molecule has 556 valence electrons. The topological polar surface area (TPSA) is 252 Å². The molecule has 0 radical (unpaired) electrons. The molecule has 1 N–H and O–H groups in total. The van der Waals surface area contributed by atoms with Crippen molar-refractivity contribution in [2.24, 2.45) is 0 Å². The van der Waals surface area contributed by atoms with Crippen LogP contribution < -0.4 is 18.9 Å². The Hall–Kier alpha value is -5.64. The van der Waals surface area contributed by atoms with Gasteiger partial charge in [0.2, 0.25) is 12.0 Å². The molecule has 1 saturated heterocycles. The van der Waals surface area contributed by atoms with E-state index in [1.165, 1.54) is 29.8 Å². The number of ether oxygens (including phenoxy) is 17. The number of likely N-dealkylation sites (N-methyl/N-ethyl adjacent to an activating group) is 1. The van der Waals surface area contributed by atoms with Gasteiger partial charge in [0, 0.05) is 68.5 Å². The van der Waals surface area contributed by atoms with E-state index in [0.29, 0.717) is 249 Å². The van der Waals surface area contributed by atoms with Crippen LogP contribution in [0.1, 0.15) is 47.5 Å². The highest BCUT2D eigenvalue weighted by Gasteiger charge is 2.42. The van der Waals surface area contributed by atoms with Crippen LogP contribution in [-0.2, 0) is 84.8 Å². The first kappa shape index (κ1) is 79.5. The van der Waals surface area contributed by atoms with Crippen LogP contribution in [-0.4, -0.2) is 272 Å². The first-order valence-corrected chi connectivity index (χ1v) is 36.1. The average Bonchev–Trinajstić information content (AvgIpc) is 1.62. The largest absolute Gasteiger partial charge is 0.490 e. The lowest BCUT2D eigenvalue weighted by atomic mass is 9.68. The zero-order valence-corrected chi connectivity index (χ0v) is 60.7. The van der Waals surface area contributed by atoms with Crippen molar-refractivity contribution in [3.05, 3.63) is 105 Å². The fourth-order valence-corrected chi connectivity index (χ4v) is 13.1. The molecule has 29 heteroatoms. The number of piperazine rings is 1. The van der Waals surface area contributed by atoms with Gasteiger partial charge in [-0.1, -0.05) is 41.8 Å². The summed E-state index contributed by atoms with van der Waals surface area (Å²) in [6, 6.07) is 13.2. The van der Waals surface area contributed by atoms with Gasteiger partial charge in [0.1, 0.15) is 53.6 Å². The number of carbonyl (C=O) groups is 1. The number of carboxylic acids is 1. The van der Waals surface area contributed by atoms with Crippen LogP contribution in [0.5, 0.6) is 23.1 Å². The molecule has 3 aromatic heterocycles. The summed E-state index contributed by atoms with van der Waals surface area (Å²) in [5.41, 5.74) is 3.97. The highest BCUT2D eigenvalue weighted by Crippen LogP contribution is 2.53. The van der Waals surface area contributed by atoms with E-state index in [1.807, 2.05) is 13.8 Å². The van der Waals surface area contributed by atoms with E-state index in [1.54, 1.807) is 49.7 Å². The Balaban J connectivity index is 0.689. The molecule has 0 amide bonds. The van der Waals surface area contributed by atoms with Crippen LogP contribution in [0, 0.1) is 19.7 Å². The third kappa shape index (κ3) is 25.0. The van der Waals surface area contributed by atoms with Crippen LogP contribution in [0.3, 0.4) is 0 Å². The number of hydrogen-bond acceptors (Lipinski definition) is 25. The molecular formula is C72H97Cl2FN6O19S. The molecule has 101 heavy (non-hydrogen) atoms. The Kier molecular flexibility index (Phi) is 34.3. The zero-order chi connectivity index (χ0) is 70.9. The molecule has 2 fully saturated rings. The van der Waals surface area contributed by atoms with E-state index < -0.39 is 24.0 Å². The van der Waals surface area contributed by atoms with Crippen molar-refractivity contribution < 1.29 is 94.8 Å². The molecular weight excluding hydrogens is 1370 g/mol. The average molecular weight is 1470 g/mol. The summed E-state index contributed by atoms with van der Waals surface area (Å²) in [5, 5.41) is 12.1. The van der Waals surface area contributed by atoms with Gasteiger partial charge in [-0.2, -0.15) is 0 Å². The maximum absolute atomic E-state index is 14.5. The summed E-state index contributed by atoms with van der Waals surface area (Å²) < 4.78 is 113. The smallest absolute Gasteiger partial charge is 0.345 e. The molecule has 2 atom stereocenters. The lowest BCUT2D eigenvalue weighted by molar-refractivity contribution is -0.145. The van der Waals surface area contributed by atoms with Gasteiger partial charge in [-0.25, -0.2) is 29.1 Å². The Morgan fingerprint density at radius 2 is 1.18 bits per heavy atom. The number of fused-ring (bicyclic) bond motifs is 7. The summed E-state index contributed by atoms with van der Waals surface area (Å²) >= 11 is 16.1. The van der Waals surface area contributed by atoms with Crippen molar-refractivity contribution in [3.8, 4) is 44.7 Å². The zero-order valence-electron chi connectivity index (χ0n) is 58.4. The normalized spacial score (nSPS) is 16.4. The number of rotatable bonds is 46. The molecule has 25 nitrogen and oxygen atoms in total. The van der Waals surface area contributed by atoms with E-state index in [-0.39, 0.29) is 41.0 Å². The van der Waals surface area contributed by atoms with E-state index in [4.69, 9.17) is 114 Å². The minimum Gasteiger partial charge on any atom is -0.490 e. The maximum atomic E-state index is 14.5. The van der Waals surface area contributed by atoms with Crippen LogP contribution >= 0.6 is 34.5 Å². The standard InChI is InChI=1S/C72H97Cl2FN6O19S/c1-51-61-52(2)65(74)66(64(51)73)99-58(46-81-18-16-80(3)17-19-81)48-97-57-10-11-59(54(44-57)45-60(70(82)83)100-68-63-62(61)67(101-69(63)78-50-77-68)53-6-8-55(75)9-7-53)98-47-56-12-15-76-71(79-56)72(13-5-14-72)49-96-43-42-95-41-40-94-39-38-93-37-36-92-35-34-91-33-32-90-31-30-89-29-28-88-27-26-87-25-24-86-23-22-85-21-20-84-4/h6-12,15,44,50,58,60H,5,13-14,16-43,45-49H2,1-4H3,(H,82,83)/t58-,60-/m1/s1. The van der Waals surface area contributed by atoms with Crippen molar-refractivity contribution in [1.29, 1.82) is 0 Å². The van der Waals surface area contributed by atoms with Gasteiger partial charge in [0.25, 0.3) is 0 Å². The molecule has 3 aromatic carbocycles. The summed E-state index contributed by atoms with van der Waals surface area (Å²) in [5.74, 6) is 0.176. The van der Waals surface area contributed by atoms with Crippen LogP contribution in [0.4, 0.5) is 4.39 Å². The number of aliphatic carboxylic acids is 1. The predicted octanol–water partition coefficient (Wildman–Crippen LogP) is 9.19. The van der Waals surface area contributed by atoms with Gasteiger partial charge >= 0.3 is 5.97 Å². The Morgan fingerprint density at radius 1 is 0.653 bits per heavy atom. The van der Waals surface area contributed by atoms with Crippen LogP contribution in [0.15, 0.2) is 61.1 Å². The predicted molar refractivity (Wildman–Crippen MR) is 377 cm³/mol. The monoisotopic (exact) mass is 1470 g/mol. The SMILES string of the molecule is COCCOCCOCCOCCOCCOCCOCCOCCOCCOCCOCCOCCOCC1(c2nccc(COc3ccc4cc3C[C@H](C(=O)O)Oc3ncnc5sc(-c6ccc(F)cc6)c(c35)-c3c(C)c(Cl)c(c(Cl)c3C)O[C@H](CN3CCN(C)CC3)CO4)n2)CCC1. The van der Waals surface area contributed by atoms with Crippen LogP contribution in [0.2, 0.25) is 10.0 Å². The molecule has 4 bridgehead atoms. The van der Waals surface area contributed by atoms with Crippen molar-refractivity contribution in [2.45, 2.75) is 63.8 Å². The number of benzene rings is 3. The van der Waals surface area contributed by atoms with Gasteiger partial charge in [-0.3, -0.25) is 4.90 Å². The maximum Gasteiger partial charge on any atom is 0.345 e. The van der Waals surface area contributed by atoms with Crippen LogP contribution in [0.25, 0.3) is 31.8 Å². The van der Waals surface area contributed by atoms with Crippen molar-refractivity contribution in [1.82, 2.24) is 29.7 Å². The number of halogens is 3. The van der Waals surface area contributed by atoms with Gasteiger partial charge in [0.05, 0.1) is 192 Å². The summed E-state index contributed by atoms with van der Waals surface area (Å²) in [7, 11) is 3.74. The van der Waals surface area contributed by atoms with Crippen molar-refractivity contribution in [2.75, 3.05) is 219 Å². The van der Waals surface area contributed by atoms with E-state index in [0.717, 1.165) is 45.4 Å². The second-order valence-electron chi connectivity index (χ2n) is 24.4. The molecule has 6 heterocycles. The minimum atomic E-state index is -1.49. The van der Waals surface area contributed by atoms with E-state index in [9.17, 15) is 14.3 Å². The van der Waals surface area contributed by atoms with Crippen molar-refractivity contribution >= 4 is 50.7 Å². The molecule has 10 rings (SSSR count). The number of aromatic nitrogens is 4.